The van der Waals surface area contributed by atoms with Crippen LogP contribution < -0.4 is 4.74 Å². The van der Waals surface area contributed by atoms with E-state index < -0.39 is 30.3 Å². The van der Waals surface area contributed by atoms with Gasteiger partial charge in [0, 0.05) is 0 Å². The number of aromatic hydroxyl groups is 1. The summed E-state index contributed by atoms with van der Waals surface area (Å²) in [6.07, 6.45) is -4.69. The topological polar surface area (TPSA) is 68.7 Å². The summed E-state index contributed by atoms with van der Waals surface area (Å²) < 4.78 is 45.5. The molecular weight excluding hydrogens is 303 g/mol. The number of hydrogen-bond donors (Lipinski definition) is 1. The molecule has 0 bridgehead atoms. The molecule has 0 radical (unpaired) electrons. The van der Waals surface area contributed by atoms with Gasteiger partial charge in [0.25, 0.3) is 0 Å². The van der Waals surface area contributed by atoms with Crippen LogP contribution in [0.5, 0.6) is 11.5 Å². The summed E-state index contributed by atoms with van der Waals surface area (Å²) >= 11 is 5.48. The summed E-state index contributed by atoms with van der Waals surface area (Å²) in [7, 11) is 0. The molecule has 0 aromatic carbocycles. The van der Waals surface area contributed by atoms with Crippen LogP contribution in [0, 0.1) is 0 Å². The predicted octanol–water partition coefficient (Wildman–Crippen LogP) is 2.53. The van der Waals surface area contributed by atoms with Gasteiger partial charge in [-0.05, 0) is 6.92 Å². The molecule has 1 rings (SSSR count). The highest BCUT2D eigenvalue weighted by Crippen LogP contribution is 2.35. The third-order valence-corrected chi connectivity index (χ3v) is 2.41. The van der Waals surface area contributed by atoms with Crippen molar-refractivity contribution in [2.75, 3.05) is 6.61 Å². The van der Waals surface area contributed by atoms with Gasteiger partial charge in [0.1, 0.15) is 5.75 Å². The summed E-state index contributed by atoms with van der Waals surface area (Å²) in [5.41, 5.74) is -0.604. The molecule has 5 nitrogen and oxygen atoms in total. The van der Waals surface area contributed by atoms with Crippen molar-refractivity contribution in [1.82, 2.24) is 4.98 Å². The van der Waals surface area contributed by atoms with Crippen LogP contribution in [0.2, 0.25) is 0 Å². The lowest BCUT2D eigenvalue weighted by atomic mass is 10.1. The van der Waals surface area contributed by atoms with Crippen LogP contribution >= 0.6 is 11.6 Å². The minimum absolute atomic E-state index is 0.0580. The fourth-order valence-corrected chi connectivity index (χ4v) is 1.62. The number of carbonyl (C=O) groups is 1. The van der Waals surface area contributed by atoms with Crippen molar-refractivity contribution >= 4 is 17.6 Å². The number of carbonyl (C=O) groups excluding carboxylic acids is 1. The molecule has 0 spiro atoms. The van der Waals surface area contributed by atoms with E-state index in [0.717, 1.165) is 6.20 Å². The molecule has 0 aliphatic heterocycles. The summed E-state index contributed by atoms with van der Waals surface area (Å²) in [6, 6.07) is 0. The zero-order valence-corrected chi connectivity index (χ0v) is 11.1. The van der Waals surface area contributed by atoms with Gasteiger partial charge in [0.05, 0.1) is 36.4 Å². The number of pyridine rings is 1. The van der Waals surface area contributed by atoms with Crippen molar-refractivity contribution in [2.45, 2.75) is 25.6 Å². The largest absolute Gasteiger partial charge is 0.573 e. The van der Waals surface area contributed by atoms with E-state index in [9.17, 15) is 23.1 Å². The van der Waals surface area contributed by atoms with Crippen LogP contribution in [0.25, 0.3) is 0 Å². The van der Waals surface area contributed by atoms with Gasteiger partial charge in [-0.1, -0.05) is 0 Å². The number of hydrogen-bond acceptors (Lipinski definition) is 5. The first-order chi connectivity index (χ1) is 9.28. The van der Waals surface area contributed by atoms with Crippen LogP contribution in [-0.4, -0.2) is 29.0 Å². The summed E-state index contributed by atoms with van der Waals surface area (Å²) in [5.74, 6) is -2.56. The van der Waals surface area contributed by atoms with Gasteiger partial charge in [-0.2, -0.15) is 0 Å². The molecule has 0 unspecified atom stereocenters. The predicted molar refractivity (Wildman–Crippen MR) is 62.5 cm³/mol. The third kappa shape index (κ3) is 4.44. The number of alkyl halides is 4. The normalized spacial score (nSPS) is 11.2. The lowest BCUT2D eigenvalue weighted by Crippen LogP contribution is -2.20. The smallest absolute Gasteiger partial charge is 0.506 e. The molecule has 1 N–H and O–H groups in total. The Hall–Kier alpha value is -1.70. The number of esters is 1. The molecule has 0 saturated carbocycles. The van der Waals surface area contributed by atoms with Crippen molar-refractivity contribution in [2.24, 2.45) is 0 Å². The van der Waals surface area contributed by atoms with Gasteiger partial charge in [-0.3, -0.25) is 9.78 Å². The summed E-state index contributed by atoms with van der Waals surface area (Å²) in [5, 5.41) is 9.56. The highest BCUT2D eigenvalue weighted by atomic mass is 35.5. The molecule has 1 aromatic heterocycles. The zero-order valence-electron chi connectivity index (χ0n) is 10.3. The Labute approximate surface area is 117 Å². The fraction of sp³-hybridized carbons (Fsp3) is 0.455. The van der Waals surface area contributed by atoms with Gasteiger partial charge in [0.2, 0.25) is 0 Å². The third-order valence-electron chi connectivity index (χ3n) is 2.16. The van der Waals surface area contributed by atoms with E-state index in [0.29, 0.717) is 0 Å². The van der Waals surface area contributed by atoms with E-state index in [1.165, 1.54) is 0 Å². The molecule has 0 aliphatic carbocycles. The van der Waals surface area contributed by atoms with Gasteiger partial charge in [-0.15, -0.1) is 24.8 Å². The van der Waals surface area contributed by atoms with Crippen molar-refractivity contribution in [3.05, 3.63) is 17.5 Å². The minimum atomic E-state index is -5.00. The van der Waals surface area contributed by atoms with E-state index >= 15 is 0 Å². The molecule has 0 atom stereocenters. The Morgan fingerprint density at radius 2 is 2.15 bits per heavy atom. The van der Waals surface area contributed by atoms with Gasteiger partial charge in [0.15, 0.2) is 5.75 Å². The van der Waals surface area contributed by atoms with Gasteiger partial charge < -0.3 is 14.6 Å². The molecule has 20 heavy (non-hydrogen) atoms. The quantitative estimate of drug-likeness (QED) is 0.668. The SMILES string of the molecule is CCOC(=O)Cc1c(O)cnc(CCl)c1OC(F)(F)F. The Morgan fingerprint density at radius 1 is 1.50 bits per heavy atom. The van der Waals surface area contributed by atoms with E-state index in [4.69, 9.17) is 11.6 Å². The Bertz CT molecular complexity index is 493. The standard InChI is InChI=1S/C11H11ClF3NO4/c1-2-19-9(18)3-6-8(17)5-16-7(4-12)10(6)20-11(13,14)15/h5,17H,2-4H2,1H3. The highest BCUT2D eigenvalue weighted by molar-refractivity contribution is 6.17. The molecule has 1 heterocycles. The maximum Gasteiger partial charge on any atom is 0.573 e. The Balaban J connectivity index is 3.21. The summed E-state index contributed by atoms with van der Waals surface area (Å²) in [6.45, 7) is 1.60. The summed E-state index contributed by atoms with van der Waals surface area (Å²) in [4.78, 5) is 14.9. The molecule has 0 aliphatic rings. The van der Waals surface area contributed by atoms with Crippen LogP contribution in [-0.2, 0) is 21.8 Å². The lowest BCUT2D eigenvalue weighted by molar-refractivity contribution is -0.275. The number of halogens is 4. The first kappa shape index (κ1) is 16.4. The molecule has 0 amide bonds. The molecule has 0 saturated heterocycles. The van der Waals surface area contributed by atoms with Crippen molar-refractivity contribution in [1.29, 1.82) is 0 Å². The molecular formula is C11H11ClF3NO4. The molecule has 0 fully saturated rings. The lowest BCUT2D eigenvalue weighted by Gasteiger charge is -2.16. The first-order valence-corrected chi connectivity index (χ1v) is 5.99. The Morgan fingerprint density at radius 3 is 2.65 bits per heavy atom. The minimum Gasteiger partial charge on any atom is -0.506 e. The second-order valence-electron chi connectivity index (χ2n) is 3.56. The van der Waals surface area contributed by atoms with E-state index in [-0.39, 0.29) is 23.7 Å². The van der Waals surface area contributed by atoms with E-state index in [1.807, 2.05) is 0 Å². The molecule has 9 heteroatoms. The van der Waals surface area contributed by atoms with Crippen LogP contribution in [0.1, 0.15) is 18.2 Å². The number of rotatable bonds is 5. The number of ether oxygens (including phenoxy) is 2. The first-order valence-electron chi connectivity index (χ1n) is 5.45. The number of aromatic nitrogens is 1. The maximum absolute atomic E-state index is 12.4. The maximum atomic E-state index is 12.4. The van der Waals surface area contributed by atoms with E-state index in [1.54, 1.807) is 6.92 Å². The van der Waals surface area contributed by atoms with Gasteiger partial charge in [-0.25, -0.2) is 0 Å². The van der Waals surface area contributed by atoms with Crippen LogP contribution in [0.3, 0.4) is 0 Å². The number of nitrogens with zero attached hydrogens (tertiary/aromatic N) is 1. The van der Waals surface area contributed by atoms with Crippen LogP contribution in [0.15, 0.2) is 6.20 Å². The second kappa shape index (κ2) is 6.65. The average Bonchev–Trinajstić information content (AvgIpc) is 2.32. The van der Waals surface area contributed by atoms with Crippen molar-refractivity contribution in [3.63, 3.8) is 0 Å². The Kier molecular flexibility index (Phi) is 5.43. The monoisotopic (exact) mass is 313 g/mol. The van der Waals surface area contributed by atoms with Crippen molar-refractivity contribution in [3.8, 4) is 11.5 Å². The molecule has 112 valence electrons. The average molecular weight is 314 g/mol. The van der Waals surface area contributed by atoms with Crippen molar-refractivity contribution < 1.29 is 32.5 Å². The zero-order chi connectivity index (χ0) is 15.3. The van der Waals surface area contributed by atoms with E-state index in [2.05, 4.69) is 14.5 Å². The molecule has 1 aromatic rings. The highest BCUT2D eigenvalue weighted by Gasteiger charge is 2.34. The fourth-order valence-electron chi connectivity index (χ4n) is 1.42. The van der Waals surface area contributed by atoms with Gasteiger partial charge >= 0.3 is 12.3 Å². The van der Waals surface area contributed by atoms with Crippen LogP contribution in [0.4, 0.5) is 13.2 Å². The second-order valence-corrected chi connectivity index (χ2v) is 3.83.